The van der Waals surface area contributed by atoms with Crippen molar-refractivity contribution in [3.8, 4) is 0 Å². The number of allylic oxidation sites excluding steroid dienone is 1. The molecule has 3 heterocycles. The second kappa shape index (κ2) is 10.4. The molecule has 0 aromatic carbocycles. The van der Waals surface area contributed by atoms with E-state index in [2.05, 4.69) is 44.3 Å². The normalized spacial score (nSPS) is 12.2. The van der Waals surface area contributed by atoms with Crippen LogP contribution in [0.2, 0.25) is 0 Å². The predicted molar refractivity (Wildman–Crippen MR) is 121 cm³/mol. The molecule has 30 heavy (non-hydrogen) atoms. The van der Waals surface area contributed by atoms with Gasteiger partial charge < -0.3 is 15.8 Å². The molecule has 0 atom stereocenters. The summed E-state index contributed by atoms with van der Waals surface area (Å²) < 4.78 is 5.03. The number of rotatable bonds is 9. The van der Waals surface area contributed by atoms with Crippen molar-refractivity contribution in [2.75, 3.05) is 25.6 Å². The van der Waals surface area contributed by atoms with Crippen LogP contribution in [0.4, 0.5) is 11.6 Å². The van der Waals surface area contributed by atoms with Gasteiger partial charge in [-0.25, -0.2) is 4.98 Å². The van der Waals surface area contributed by atoms with Gasteiger partial charge in [0.25, 0.3) is 0 Å². The zero-order valence-electron chi connectivity index (χ0n) is 17.5. The molecule has 0 radical (unpaired) electrons. The molecule has 3 N–H and O–H groups in total. The van der Waals surface area contributed by atoms with Gasteiger partial charge in [-0.1, -0.05) is 13.8 Å². The number of ether oxygens (including phenoxy) is 1. The molecule has 0 aliphatic carbocycles. The summed E-state index contributed by atoms with van der Waals surface area (Å²) in [5.41, 5.74) is 10.1. The fourth-order valence-corrected chi connectivity index (χ4v) is 2.80. The molecule has 0 fully saturated rings. The second-order valence-corrected chi connectivity index (χ2v) is 7.12. The molecule has 156 valence electrons. The Labute approximate surface area is 176 Å². The Morgan fingerprint density at radius 3 is 2.83 bits per heavy atom. The van der Waals surface area contributed by atoms with Crippen molar-refractivity contribution in [1.82, 2.24) is 20.2 Å². The summed E-state index contributed by atoms with van der Waals surface area (Å²) >= 11 is 0. The number of aliphatic imine (C=N–C) groups is 1. The second-order valence-electron chi connectivity index (χ2n) is 7.12. The fraction of sp³-hybridized carbons (Fsp3) is 0.318. The molecular formula is C22H27N7O. The lowest BCUT2D eigenvalue weighted by atomic mass is 10.1. The monoisotopic (exact) mass is 405 g/mol. The molecule has 0 spiro atoms. The van der Waals surface area contributed by atoms with Crippen molar-refractivity contribution in [2.24, 2.45) is 10.7 Å². The molecule has 0 bridgehead atoms. The van der Waals surface area contributed by atoms with E-state index in [4.69, 9.17) is 10.5 Å². The Hall–Kier alpha value is -3.39. The van der Waals surface area contributed by atoms with E-state index in [-0.39, 0.29) is 0 Å². The van der Waals surface area contributed by atoms with Gasteiger partial charge in [-0.05, 0) is 42.2 Å². The lowest BCUT2D eigenvalue weighted by Gasteiger charge is -2.09. The Morgan fingerprint density at radius 1 is 1.20 bits per heavy atom. The number of nitrogens with zero attached hydrogens (tertiary/aromatic N) is 5. The van der Waals surface area contributed by atoms with Crippen LogP contribution in [-0.2, 0) is 4.74 Å². The Bertz CT molecular complexity index is 1050. The molecule has 0 saturated heterocycles. The predicted octanol–water partition coefficient (Wildman–Crippen LogP) is 3.69. The van der Waals surface area contributed by atoms with Gasteiger partial charge in [0.15, 0.2) is 5.82 Å². The summed E-state index contributed by atoms with van der Waals surface area (Å²) in [6.07, 6.45) is 7.69. The molecule has 3 aromatic rings. The van der Waals surface area contributed by atoms with Gasteiger partial charge >= 0.3 is 0 Å². The molecule has 3 rings (SSSR count). The van der Waals surface area contributed by atoms with Gasteiger partial charge in [-0.15, -0.1) is 5.10 Å². The van der Waals surface area contributed by atoms with Crippen molar-refractivity contribution in [3.05, 3.63) is 54.0 Å². The lowest BCUT2D eigenvalue weighted by molar-refractivity contribution is 0.197. The van der Waals surface area contributed by atoms with Crippen LogP contribution in [0.15, 0.2) is 47.9 Å². The highest BCUT2D eigenvalue weighted by molar-refractivity contribution is 6.10. The van der Waals surface area contributed by atoms with Crippen molar-refractivity contribution in [1.29, 1.82) is 0 Å². The fourth-order valence-electron chi connectivity index (χ4n) is 2.80. The summed E-state index contributed by atoms with van der Waals surface area (Å²) in [7, 11) is 1.68. The maximum absolute atomic E-state index is 5.81. The first-order chi connectivity index (χ1) is 14.6. The van der Waals surface area contributed by atoms with Crippen LogP contribution in [0.25, 0.3) is 16.6 Å². The summed E-state index contributed by atoms with van der Waals surface area (Å²) in [5, 5.41) is 11.4. The third-order valence-electron chi connectivity index (χ3n) is 4.51. The van der Waals surface area contributed by atoms with Crippen LogP contribution >= 0.6 is 0 Å². The van der Waals surface area contributed by atoms with Crippen LogP contribution in [-0.4, -0.2) is 46.6 Å². The van der Waals surface area contributed by atoms with Crippen molar-refractivity contribution in [2.45, 2.75) is 26.2 Å². The number of nitrogens with two attached hydrogens (primary N) is 1. The minimum Gasteiger partial charge on any atom is -0.404 e. The maximum atomic E-state index is 5.81. The highest BCUT2D eigenvalue weighted by Gasteiger charge is 2.07. The Balaban J connectivity index is 1.81. The number of aromatic nitrogens is 4. The molecule has 0 amide bonds. The quantitative estimate of drug-likeness (QED) is 0.412. The third-order valence-corrected chi connectivity index (χ3v) is 4.51. The summed E-state index contributed by atoms with van der Waals surface area (Å²) in [5.74, 6) is 1.70. The van der Waals surface area contributed by atoms with Gasteiger partial charge in [0.05, 0.1) is 17.2 Å². The number of hydrogen-bond acceptors (Lipinski definition) is 8. The van der Waals surface area contributed by atoms with Crippen LogP contribution in [0.5, 0.6) is 0 Å². The number of fused-ring (bicyclic) bond motifs is 1. The van der Waals surface area contributed by atoms with Crippen LogP contribution < -0.4 is 11.1 Å². The van der Waals surface area contributed by atoms with Crippen LogP contribution in [0.1, 0.15) is 37.3 Å². The zero-order chi connectivity index (χ0) is 21.3. The van der Waals surface area contributed by atoms with Gasteiger partial charge in [-0.2, -0.15) is 5.10 Å². The van der Waals surface area contributed by atoms with E-state index in [9.17, 15) is 0 Å². The molecule has 0 unspecified atom stereocenters. The average molecular weight is 406 g/mol. The summed E-state index contributed by atoms with van der Waals surface area (Å²) in [6, 6.07) is 7.71. The minimum atomic E-state index is 0.370. The number of nitrogens with one attached hydrogen (secondary N) is 1. The first kappa shape index (κ1) is 21.3. The standard InChI is InChI=1S/C22H27N7O/c1-15(2)16-10-22(29-26-14-16)28-21-6-5-19-20(27-21)9-17(13-25-19)18(11-23)12-24-7-4-8-30-3/h5-6,9-15H,4,7-8,23H2,1-3H3,(H,27,28,29). The first-order valence-electron chi connectivity index (χ1n) is 9.88. The first-order valence-corrected chi connectivity index (χ1v) is 9.88. The highest BCUT2D eigenvalue weighted by atomic mass is 16.5. The summed E-state index contributed by atoms with van der Waals surface area (Å²) in [6.45, 7) is 5.59. The minimum absolute atomic E-state index is 0.370. The van der Waals surface area contributed by atoms with Crippen LogP contribution in [0, 0.1) is 0 Å². The van der Waals surface area contributed by atoms with Crippen molar-refractivity contribution >= 4 is 34.5 Å². The molecular weight excluding hydrogens is 378 g/mol. The number of methoxy groups -OCH3 is 1. The highest BCUT2D eigenvalue weighted by Crippen LogP contribution is 2.21. The van der Waals surface area contributed by atoms with Crippen LogP contribution in [0.3, 0.4) is 0 Å². The van der Waals surface area contributed by atoms with E-state index in [0.29, 0.717) is 30.7 Å². The Morgan fingerprint density at radius 2 is 2.07 bits per heavy atom. The van der Waals surface area contributed by atoms with Gasteiger partial charge in [-0.3, -0.25) is 9.98 Å². The van der Waals surface area contributed by atoms with E-state index in [1.54, 1.807) is 25.7 Å². The maximum Gasteiger partial charge on any atom is 0.154 e. The van der Waals surface area contributed by atoms with E-state index >= 15 is 0 Å². The molecule has 0 aliphatic rings. The smallest absolute Gasteiger partial charge is 0.154 e. The van der Waals surface area contributed by atoms with Gasteiger partial charge in [0, 0.05) is 50.0 Å². The molecule has 8 heteroatoms. The summed E-state index contributed by atoms with van der Waals surface area (Å²) in [4.78, 5) is 13.6. The number of pyridine rings is 2. The SMILES string of the molecule is COCCCN=CC(=CN)c1cnc2ccc(Nc3cc(C(C)C)cnn3)nc2c1. The zero-order valence-corrected chi connectivity index (χ0v) is 17.5. The topological polar surface area (TPSA) is 111 Å². The molecule has 8 nitrogen and oxygen atoms in total. The van der Waals surface area contributed by atoms with E-state index in [0.717, 1.165) is 34.2 Å². The van der Waals surface area contributed by atoms with Gasteiger partial charge in [0.1, 0.15) is 5.82 Å². The number of hydrogen-bond donors (Lipinski definition) is 2. The lowest BCUT2D eigenvalue weighted by Crippen LogP contribution is -2.01. The van der Waals surface area contributed by atoms with E-state index in [1.165, 1.54) is 6.20 Å². The number of anilines is 2. The largest absolute Gasteiger partial charge is 0.404 e. The van der Waals surface area contributed by atoms with E-state index in [1.807, 2.05) is 24.3 Å². The molecule has 0 aliphatic heterocycles. The average Bonchev–Trinajstić information content (AvgIpc) is 2.76. The molecule has 0 saturated carbocycles. The van der Waals surface area contributed by atoms with E-state index < -0.39 is 0 Å². The van der Waals surface area contributed by atoms with Crippen molar-refractivity contribution in [3.63, 3.8) is 0 Å². The molecule has 3 aromatic heterocycles. The van der Waals surface area contributed by atoms with Gasteiger partial charge in [0.2, 0.25) is 0 Å². The third kappa shape index (κ3) is 5.57. The van der Waals surface area contributed by atoms with Crippen molar-refractivity contribution < 1.29 is 4.74 Å². The Kier molecular flexibility index (Phi) is 7.40.